The van der Waals surface area contributed by atoms with E-state index in [2.05, 4.69) is 21.8 Å². The first-order chi connectivity index (χ1) is 10.2. The number of hydrogen-bond donors (Lipinski definition) is 0. The molecule has 5 heteroatoms. The lowest BCUT2D eigenvalue weighted by atomic mass is 10.1. The van der Waals surface area contributed by atoms with Gasteiger partial charge in [0.2, 0.25) is 0 Å². The predicted molar refractivity (Wildman–Crippen MR) is 83.7 cm³/mol. The number of hydrogen-bond acceptors (Lipinski definition) is 4. The highest BCUT2D eigenvalue weighted by Gasteiger charge is 2.21. The Morgan fingerprint density at radius 1 is 1.05 bits per heavy atom. The number of carbonyl (C=O) groups excluding carboxylic acids is 1. The molecule has 2 aliphatic rings. The van der Waals surface area contributed by atoms with E-state index in [1.54, 1.807) is 6.20 Å². The van der Waals surface area contributed by atoms with E-state index in [-0.39, 0.29) is 5.91 Å². The summed E-state index contributed by atoms with van der Waals surface area (Å²) in [6, 6.07) is 3.97. The number of likely N-dealkylation sites (N-methyl/N-ethyl adjacent to an activating group) is 1. The van der Waals surface area contributed by atoms with Crippen LogP contribution in [0.4, 0.5) is 5.69 Å². The van der Waals surface area contributed by atoms with Crippen LogP contribution in [0.1, 0.15) is 29.8 Å². The summed E-state index contributed by atoms with van der Waals surface area (Å²) in [5.74, 6) is 0.0886. The molecule has 5 nitrogen and oxygen atoms in total. The Hall–Kier alpha value is -1.62. The molecule has 0 unspecified atom stereocenters. The van der Waals surface area contributed by atoms with E-state index in [1.165, 1.54) is 6.42 Å². The van der Waals surface area contributed by atoms with Crippen LogP contribution in [0.25, 0.3) is 0 Å². The molecule has 21 heavy (non-hydrogen) atoms. The van der Waals surface area contributed by atoms with Crippen molar-refractivity contribution in [3.05, 3.63) is 24.0 Å². The molecule has 1 aromatic rings. The van der Waals surface area contributed by atoms with Crippen LogP contribution in [0.2, 0.25) is 0 Å². The maximum Gasteiger partial charge on any atom is 0.272 e. The summed E-state index contributed by atoms with van der Waals surface area (Å²) in [5, 5.41) is 0. The summed E-state index contributed by atoms with van der Waals surface area (Å²) in [5.41, 5.74) is 1.71. The van der Waals surface area contributed by atoms with Gasteiger partial charge in [-0.3, -0.25) is 9.78 Å². The quantitative estimate of drug-likeness (QED) is 0.826. The first-order valence-corrected chi connectivity index (χ1v) is 7.93. The maximum absolute atomic E-state index is 12.5. The zero-order valence-electron chi connectivity index (χ0n) is 12.8. The highest BCUT2D eigenvalue weighted by atomic mass is 16.2. The smallest absolute Gasteiger partial charge is 0.272 e. The number of aromatic nitrogens is 1. The van der Waals surface area contributed by atoms with Gasteiger partial charge in [-0.25, -0.2) is 0 Å². The number of rotatable bonds is 2. The highest BCUT2D eigenvalue weighted by molar-refractivity contribution is 5.93. The molecule has 0 radical (unpaired) electrons. The molecule has 2 fully saturated rings. The van der Waals surface area contributed by atoms with Gasteiger partial charge < -0.3 is 14.7 Å². The molecular formula is C16H24N4O. The second-order valence-corrected chi connectivity index (χ2v) is 6.04. The Balaban J connectivity index is 1.71. The fraction of sp³-hybridized carbons (Fsp3) is 0.625. The molecule has 114 valence electrons. The van der Waals surface area contributed by atoms with Crippen molar-refractivity contribution in [2.75, 3.05) is 51.2 Å². The van der Waals surface area contributed by atoms with Crippen molar-refractivity contribution in [2.45, 2.75) is 19.3 Å². The molecule has 0 N–H and O–H groups in total. The van der Waals surface area contributed by atoms with E-state index in [4.69, 9.17) is 0 Å². The van der Waals surface area contributed by atoms with E-state index in [0.717, 1.165) is 57.8 Å². The molecule has 0 saturated carbocycles. The van der Waals surface area contributed by atoms with Gasteiger partial charge in [-0.15, -0.1) is 0 Å². The van der Waals surface area contributed by atoms with E-state index in [9.17, 15) is 4.79 Å². The third kappa shape index (κ3) is 3.35. The van der Waals surface area contributed by atoms with Gasteiger partial charge in [0, 0.05) is 51.2 Å². The van der Waals surface area contributed by atoms with Crippen molar-refractivity contribution in [1.29, 1.82) is 0 Å². The molecule has 1 aromatic heterocycles. The lowest BCUT2D eigenvalue weighted by Crippen LogP contribution is -2.44. The van der Waals surface area contributed by atoms with Crippen LogP contribution in [-0.4, -0.2) is 67.0 Å². The largest absolute Gasteiger partial charge is 0.369 e. The third-order valence-corrected chi connectivity index (χ3v) is 4.47. The minimum Gasteiger partial charge on any atom is -0.369 e. The fourth-order valence-electron chi connectivity index (χ4n) is 3.06. The number of carbonyl (C=O) groups is 1. The Morgan fingerprint density at radius 2 is 1.76 bits per heavy atom. The number of nitrogens with zero attached hydrogens (tertiary/aromatic N) is 4. The van der Waals surface area contributed by atoms with E-state index in [0.29, 0.717) is 5.69 Å². The van der Waals surface area contributed by atoms with Crippen molar-refractivity contribution in [3.63, 3.8) is 0 Å². The highest BCUT2D eigenvalue weighted by Crippen LogP contribution is 2.18. The molecule has 0 spiro atoms. The molecule has 1 amide bonds. The van der Waals surface area contributed by atoms with Gasteiger partial charge in [-0.2, -0.15) is 0 Å². The van der Waals surface area contributed by atoms with Crippen molar-refractivity contribution in [3.8, 4) is 0 Å². The molecule has 3 rings (SSSR count). The summed E-state index contributed by atoms with van der Waals surface area (Å²) >= 11 is 0. The summed E-state index contributed by atoms with van der Waals surface area (Å²) in [4.78, 5) is 23.4. The Kier molecular flexibility index (Phi) is 4.39. The Morgan fingerprint density at radius 3 is 2.48 bits per heavy atom. The summed E-state index contributed by atoms with van der Waals surface area (Å²) < 4.78 is 0. The number of pyridine rings is 1. The second kappa shape index (κ2) is 6.43. The zero-order valence-corrected chi connectivity index (χ0v) is 12.8. The SMILES string of the molecule is CN1CCN(c2ccnc(C(=O)N3CCCCC3)c2)CC1. The average molecular weight is 288 g/mol. The molecule has 0 bridgehead atoms. The predicted octanol–water partition coefficient (Wildman–Crippen LogP) is 1.46. The van der Waals surface area contributed by atoms with Gasteiger partial charge in [0.25, 0.3) is 5.91 Å². The van der Waals surface area contributed by atoms with Crippen LogP contribution in [0.3, 0.4) is 0 Å². The second-order valence-electron chi connectivity index (χ2n) is 6.04. The third-order valence-electron chi connectivity index (χ3n) is 4.47. The minimum absolute atomic E-state index is 0.0886. The summed E-state index contributed by atoms with van der Waals surface area (Å²) in [6.07, 6.45) is 5.23. The molecule has 3 heterocycles. The van der Waals surface area contributed by atoms with Crippen molar-refractivity contribution in [1.82, 2.24) is 14.8 Å². The first kappa shape index (κ1) is 14.3. The number of likely N-dealkylation sites (tertiary alicyclic amines) is 1. The summed E-state index contributed by atoms with van der Waals surface area (Å²) in [7, 11) is 2.15. The van der Waals surface area contributed by atoms with Gasteiger partial charge in [0.15, 0.2) is 0 Å². The molecule has 2 saturated heterocycles. The van der Waals surface area contributed by atoms with Gasteiger partial charge in [-0.05, 0) is 38.4 Å². The van der Waals surface area contributed by atoms with Crippen LogP contribution in [0, 0.1) is 0 Å². The Labute approximate surface area is 126 Å². The van der Waals surface area contributed by atoms with Gasteiger partial charge >= 0.3 is 0 Å². The van der Waals surface area contributed by atoms with Crippen LogP contribution in [-0.2, 0) is 0 Å². The summed E-state index contributed by atoms with van der Waals surface area (Å²) in [6.45, 7) is 5.91. The standard InChI is InChI=1S/C16H24N4O/c1-18-9-11-19(12-10-18)14-5-6-17-15(13-14)16(21)20-7-3-2-4-8-20/h5-6,13H,2-4,7-12H2,1H3. The normalized spacial score (nSPS) is 20.6. The van der Waals surface area contributed by atoms with Crippen molar-refractivity contribution < 1.29 is 4.79 Å². The minimum atomic E-state index is 0.0886. The first-order valence-electron chi connectivity index (χ1n) is 7.93. The van der Waals surface area contributed by atoms with E-state index >= 15 is 0 Å². The van der Waals surface area contributed by atoms with Crippen LogP contribution < -0.4 is 4.90 Å². The monoisotopic (exact) mass is 288 g/mol. The fourth-order valence-corrected chi connectivity index (χ4v) is 3.06. The number of amides is 1. The van der Waals surface area contributed by atoms with Crippen LogP contribution in [0.15, 0.2) is 18.3 Å². The van der Waals surface area contributed by atoms with Crippen molar-refractivity contribution in [2.24, 2.45) is 0 Å². The average Bonchev–Trinajstić information content (AvgIpc) is 2.56. The lowest BCUT2D eigenvalue weighted by Gasteiger charge is -2.34. The van der Waals surface area contributed by atoms with Gasteiger partial charge in [0.05, 0.1) is 0 Å². The topological polar surface area (TPSA) is 39.7 Å². The zero-order chi connectivity index (χ0) is 14.7. The molecule has 0 aromatic carbocycles. The number of piperidine rings is 1. The van der Waals surface area contributed by atoms with Crippen molar-refractivity contribution >= 4 is 11.6 Å². The van der Waals surface area contributed by atoms with E-state index < -0.39 is 0 Å². The van der Waals surface area contributed by atoms with E-state index in [1.807, 2.05) is 17.0 Å². The maximum atomic E-state index is 12.5. The molecular weight excluding hydrogens is 264 g/mol. The van der Waals surface area contributed by atoms with Crippen LogP contribution in [0.5, 0.6) is 0 Å². The lowest BCUT2D eigenvalue weighted by molar-refractivity contribution is 0.0718. The molecule has 0 aliphatic carbocycles. The van der Waals surface area contributed by atoms with Gasteiger partial charge in [0.1, 0.15) is 5.69 Å². The number of piperazine rings is 1. The number of anilines is 1. The van der Waals surface area contributed by atoms with Gasteiger partial charge in [-0.1, -0.05) is 0 Å². The Bertz CT molecular complexity index is 491. The molecule has 2 aliphatic heterocycles. The van der Waals surface area contributed by atoms with Crippen LogP contribution >= 0.6 is 0 Å². The molecule has 0 atom stereocenters.